The average molecular weight is 254 g/mol. The van der Waals surface area contributed by atoms with E-state index in [0.717, 1.165) is 25.7 Å². The zero-order valence-corrected chi connectivity index (χ0v) is 12.0. The van der Waals surface area contributed by atoms with Gasteiger partial charge in [-0.05, 0) is 59.6 Å². The van der Waals surface area contributed by atoms with Gasteiger partial charge >= 0.3 is 6.09 Å². The van der Waals surface area contributed by atoms with Crippen molar-refractivity contribution >= 4 is 6.09 Å². The predicted octanol–water partition coefficient (Wildman–Crippen LogP) is 2.60. The molecule has 1 amide bonds. The lowest BCUT2D eigenvalue weighted by Gasteiger charge is -2.24. The lowest BCUT2D eigenvalue weighted by atomic mass is 10.0. The van der Waals surface area contributed by atoms with Crippen LogP contribution in [-0.2, 0) is 4.74 Å². The molecule has 4 heteroatoms. The summed E-state index contributed by atoms with van der Waals surface area (Å²) in [5.74, 6) is 0. The second-order valence-electron chi connectivity index (χ2n) is 5.90. The molecule has 0 saturated heterocycles. The summed E-state index contributed by atoms with van der Waals surface area (Å²) in [5.41, 5.74) is -0.250. The first-order valence-corrected chi connectivity index (χ1v) is 6.73. The highest BCUT2D eigenvalue weighted by molar-refractivity contribution is 5.68. The Morgan fingerprint density at radius 1 is 1.33 bits per heavy atom. The fourth-order valence-electron chi connectivity index (χ4n) is 2.01. The van der Waals surface area contributed by atoms with E-state index in [-0.39, 0.29) is 17.7 Å². The second kappa shape index (κ2) is 6.78. The van der Waals surface area contributed by atoms with Crippen LogP contribution >= 0.6 is 0 Å². The Hall–Kier alpha value is -1.03. The van der Waals surface area contributed by atoms with Crippen molar-refractivity contribution in [3.8, 4) is 0 Å². The molecule has 4 nitrogen and oxygen atoms in total. The summed E-state index contributed by atoms with van der Waals surface area (Å²) < 4.78 is 5.41. The summed E-state index contributed by atoms with van der Waals surface area (Å²) in [4.78, 5) is 11.7. The molecule has 0 aromatic carbocycles. The minimum Gasteiger partial charge on any atom is -0.442 e. The standard InChI is InChI=1S/C14H26N2O2/c1-14(2,3)16-13(17)18-12-9-5-7-11(15-4)8-6-10-12/h5,9,11-12,15H,6-8,10H2,1-4H3,(H,16,17)/b9-5+. The molecule has 0 spiro atoms. The number of nitrogens with one attached hydrogen (secondary N) is 2. The fraction of sp³-hybridized carbons (Fsp3) is 0.786. The van der Waals surface area contributed by atoms with Crippen LogP contribution in [0.25, 0.3) is 0 Å². The lowest BCUT2D eigenvalue weighted by molar-refractivity contribution is 0.106. The summed E-state index contributed by atoms with van der Waals surface area (Å²) >= 11 is 0. The van der Waals surface area contributed by atoms with Crippen molar-refractivity contribution in [3.63, 3.8) is 0 Å². The van der Waals surface area contributed by atoms with Gasteiger partial charge in [0.1, 0.15) is 6.10 Å². The van der Waals surface area contributed by atoms with Gasteiger partial charge in [-0.25, -0.2) is 4.79 Å². The maximum atomic E-state index is 11.7. The number of alkyl carbamates (subject to hydrolysis) is 1. The number of ether oxygens (including phenoxy) is 1. The van der Waals surface area contributed by atoms with Crippen molar-refractivity contribution in [2.75, 3.05) is 7.05 Å². The Balaban J connectivity index is 2.42. The Morgan fingerprint density at radius 3 is 2.67 bits per heavy atom. The molecule has 0 aliphatic heterocycles. The molecule has 2 atom stereocenters. The molecule has 0 radical (unpaired) electrons. The van der Waals surface area contributed by atoms with Crippen LogP contribution in [0.4, 0.5) is 4.79 Å². The summed E-state index contributed by atoms with van der Waals surface area (Å²) in [6.45, 7) is 5.83. The van der Waals surface area contributed by atoms with Gasteiger partial charge in [0.25, 0.3) is 0 Å². The van der Waals surface area contributed by atoms with Crippen LogP contribution in [0.5, 0.6) is 0 Å². The number of carbonyl (C=O) groups is 1. The van der Waals surface area contributed by atoms with E-state index in [4.69, 9.17) is 4.74 Å². The van der Waals surface area contributed by atoms with E-state index in [1.54, 1.807) is 0 Å². The molecule has 2 N–H and O–H groups in total. The van der Waals surface area contributed by atoms with Crippen LogP contribution in [0, 0.1) is 0 Å². The highest BCUT2D eigenvalue weighted by Crippen LogP contribution is 2.15. The molecule has 0 fully saturated rings. The van der Waals surface area contributed by atoms with Crippen LogP contribution in [0.3, 0.4) is 0 Å². The van der Waals surface area contributed by atoms with Gasteiger partial charge in [-0.2, -0.15) is 0 Å². The second-order valence-corrected chi connectivity index (χ2v) is 5.90. The van der Waals surface area contributed by atoms with Crippen LogP contribution < -0.4 is 10.6 Å². The molecule has 18 heavy (non-hydrogen) atoms. The highest BCUT2D eigenvalue weighted by Gasteiger charge is 2.19. The van der Waals surface area contributed by atoms with E-state index < -0.39 is 0 Å². The zero-order valence-electron chi connectivity index (χ0n) is 12.0. The Labute approximate surface area is 110 Å². The molecule has 104 valence electrons. The van der Waals surface area contributed by atoms with E-state index >= 15 is 0 Å². The molecule has 2 unspecified atom stereocenters. The third kappa shape index (κ3) is 6.05. The molecular formula is C14H26N2O2. The first-order valence-electron chi connectivity index (χ1n) is 6.73. The Bertz CT molecular complexity index is 295. The maximum Gasteiger partial charge on any atom is 0.408 e. The number of amides is 1. The van der Waals surface area contributed by atoms with Crippen molar-refractivity contribution in [2.45, 2.75) is 64.1 Å². The van der Waals surface area contributed by atoms with Crippen LogP contribution in [0.15, 0.2) is 12.2 Å². The first-order chi connectivity index (χ1) is 8.40. The molecule has 0 heterocycles. The van der Waals surface area contributed by atoms with Crippen LogP contribution in [0.1, 0.15) is 46.5 Å². The minimum atomic E-state index is -0.331. The fourth-order valence-corrected chi connectivity index (χ4v) is 2.01. The van der Waals surface area contributed by atoms with Gasteiger partial charge in [0.2, 0.25) is 0 Å². The molecule has 0 saturated carbocycles. The monoisotopic (exact) mass is 254 g/mol. The molecular weight excluding hydrogens is 228 g/mol. The van der Waals surface area contributed by atoms with Gasteiger partial charge in [-0.3, -0.25) is 0 Å². The third-order valence-electron chi connectivity index (χ3n) is 2.96. The smallest absolute Gasteiger partial charge is 0.408 e. The van der Waals surface area contributed by atoms with Crippen molar-refractivity contribution < 1.29 is 9.53 Å². The summed E-state index contributed by atoms with van der Waals surface area (Å²) in [6, 6.07) is 0.547. The maximum absolute atomic E-state index is 11.7. The van der Waals surface area contributed by atoms with E-state index in [1.165, 1.54) is 0 Å². The van der Waals surface area contributed by atoms with E-state index in [9.17, 15) is 4.79 Å². The van der Waals surface area contributed by atoms with E-state index in [2.05, 4.69) is 16.7 Å². The molecule has 0 aromatic rings. The normalized spacial score (nSPS) is 26.9. The van der Waals surface area contributed by atoms with Crippen LogP contribution in [-0.4, -0.2) is 30.8 Å². The van der Waals surface area contributed by atoms with Crippen molar-refractivity contribution in [1.29, 1.82) is 0 Å². The van der Waals surface area contributed by atoms with Crippen LogP contribution in [0.2, 0.25) is 0 Å². The molecule has 1 aliphatic rings. The molecule has 1 rings (SSSR count). The predicted molar refractivity (Wildman–Crippen MR) is 73.6 cm³/mol. The van der Waals surface area contributed by atoms with Gasteiger partial charge in [0.15, 0.2) is 0 Å². The van der Waals surface area contributed by atoms with Gasteiger partial charge in [-0.15, -0.1) is 0 Å². The Kier molecular flexibility index (Phi) is 5.66. The molecule has 1 aliphatic carbocycles. The van der Waals surface area contributed by atoms with Crippen molar-refractivity contribution in [1.82, 2.24) is 10.6 Å². The molecule has 0 aromatic heterocycles. The largest absolute Gasteiger partial charge is 0.442 e. The van der Waals surface area contributed by atoms with Crippen molar-refractivity contribution in [2.24, 2.45) is 0 Å². The first kappa shape index (κ1) is 15.0. The third-order valence-corrected chi connectivity index (χ3v) is 2.96. The average Bonchev–Trinajstić information content (AvgIpc) is 2.19. The van der Waals surface area contributed by atoms with Gasteiger partial charge in [0, 0.05) is 11.6 Å². The highest BCUT2D eigenvalue weighted by atomic mass is 16.6. The summed E-state index contributed by atoms with van der Waals surface area (Å²) in [5, 5.41) is 6.10. The van der Waals surface area contributed by atoms with Gasteiger partial charge < -0.3 is 15.4 Å². The number of hydrogen-bond donors (Lipinski definition) is 2. The minimum absolute atomic E-state index is 0.0924. The number of rotatable bonds is 2. The van der Waals surface area contributed by atoms with Crippen molar-refractivity contribution in [3.05, 3.63) is 12.2 Å². The quantitative estimate of drug-likeness (QED) is 0.745. The number of carbonyl (C=O) groups excluding carboxylic acids is 1. The SMILES string of the molecule is CNC1C/C=C/C(OC(=O)NC(C)(C)C)CCC1. The van der Waals surface area contributed by atoms with E-state index in [0.29, 0.717) is 6.04 Å². The topological polar surface area (TPSA) is 50.4 Å². The number of hydrogen-bond acceptors (Lipinski definition) is 3. The lowest BCUT2D eigenvalue weighted by Crippen LogP contribution is -2.42. The summed E-state index contributed by atoms with van der Waals surface area (Å²) in [7, 11) is 1.99. The van der Waals surface area contributed by atoms with Gasteiger partial charge in [-0.1, -0.05) is 6.08 Å². The Morgan fingerprint density at radius 2 is 2.06 bits per heavy atom. The summed E-state index contributed by atoms with van der Waals surface area (Å²) in [6.07, 6.45) is 7.78. The van der Waals surface area contributed by atoms with Gasteiger partial charge in [0.05, 0.1) is 0 Å². The zero-order chi connectivity index (χ0) is 13.6. The molecule has 0 bridgehead atoms. The van der Waals surface area contributed by atoms with E-state index in [1.807, 2.05) is 33.9 Å².